The highest BCUT2D eigenvalue weighted by Crippen LogP contribution is 2.22. The van der Waals surface area contributed by atoms with Crippen molar-refractivity contribution in [2.45, 2.75) is 38.2 Å². The lowest BCUT2D eigenvalue weighted by molar-refractivity contribution is 0.201. The van der Waals surface area contributed by atoms with Crippen LogP contribution in [0.15, 0.2) is 35.9 Å². The summed E-state index contributed by atoms with van der Waals surface area (Å²) in [5.74, 6) is 0.904. The van der Waals surface area contributed by atoms with Gasteiger partial charge in [-0.1, -0.05) is 23.8 Å². The van der Waals surface area contributed by atoms with Gasteiger partial charge in [-0.3, -0.25) is 0 Å². The number of hydrogen-bond acceptors (Lipinski definition) is 2. The van der Waals surface area contributed by atoms with E-state index < -0.39 is 0 Å². The second-order valence-electron chi connectivity index (χ2n) is 4.63. The number of ether oxygens (including phenoxy) is 1. The largest absolute Gasteiger partial charge is 0.497 e. The van der Waals surface area contributed by atoms with E-state index in [1.165, 1.54) is 11.1 Å². The van der Waals surface area contributed by atoms with Crippen LogP contribution in [0.4, 0.5) is 0 Å². The molecule has 0 aliphatic heterocycles. The first-order chi connectivity index (χ1) is 8.28. The van der Waals surface area contributed by atoms with Crippen LogP contribution in [0.2, 0.25) is 0 Å². The molecule has 2 nitrogen and oxygen atoms in total. The number of aliphatic hydroxyl groups is 1. The molecule has 0 saturated carbocycles. The van der Waals surface area contributed by atoms with Gasteiger partial charge in [-0.05, 0) is 49.8 Å². The van der Waals surface area contributed by atoms with Crippen molar-refractivity contribution < 1.29 is 9.84 Å². The summed E-state index contributed by atoms with van der Waals surface area (Å²) in [6, 6.07) is 8.22. The molecule has 1 aliphatic rings. The van der Waals surface area contributed by atoms with Crippen molar-refractivity contribution in [2.75, 3.05) is 7.11 Å². The Kier molecular flexibility index (Phi) is 4.21. The van der Waals surface area contributed by atoms with Gasteiger partial charge in [-0.15, -0.1) is 0 Å². The summed E-state index contributed by atoms with van der Waals surface area (Å²) in [6.07, 6.45) is 7.11. The molecular formula is C15H20O2. The van der Waals surface area contributed by atoms with Gasteiger partial charge in [0.25, 0.3) is 0 Å². The van der Waals surface area contributed by atoms with Gasteiger partial charge in [0.05, 0.1) is 13.2 Å². The van der Waals surface area contributed by atoms with Crippen molar-refractivity contribution in [1.29, 1.82) is 0 Å². The van der Waals surface area contributed by atoms with Gasteiger partial charge < -0.3 is 9.84 Å². The van der Waals surface area contributed by atoms with Crippen LogP contribution in [-0.2, 0) is 6.42 Å². The minimum Gasteiger partial charge on any atom is -0.497 e. The number of benzene rings is 1. The van der Waals surface area contributed by atoms with Crippen LogP contribution >= 0.6 is 0 Å². The smallest absolute Gasteiger partial charge is 0.118 e. The quantitative estimate of drug-likeness (QED) is 0.808. The minimum absolute atomic E-state index is 0.213. The highest BCUT2D eigenvalue weighted by Gasteiger charge is 2.10. The molecule has 0 amide bonds. The summed E-state index contributed by atoms with van der Waals surface area (Å²) in [4.78, 5) is 0. The predicted octanol–water partition coefficient (Wildman–Crippen LogP) is 3.10. The van der Waals surface area contributed by atoms with Gasteiger partial charge in [0.15, 0.2) is 0 Å². The molecule has 17 heavy (non-hydrogen) atoms. The van der Waals surface area contributed by atoms with E-state index in [0.717, 1.165) is 37.9 Å². The lowest BCUT2D eigenvalue weighted by Gasteiger charge is -2.16. The first-order valence-electron chi connectivity index (χ1n) is 6.28. The number of rotatable bonds is 4. The van der Waals surface area contributed by atoms with E-state index in [0.29, 0.717) is 0 Å². The van der Waals surface area contributed by atoms with Crippen molar-refractivity contribution in [3.8, 4) is 5.75 Å². The molecule has 0 spiro atoms. The van der Waals surface area contributed by atoms with E-state index in [1.54, 1.807) is 7.11 Å². The Morgan fingerprint density at radius 2 is 2.00 bits per heavy atom. The lowest BCUT2D eigenvalue weighted by atomic mass is 9.93. The molecule has 1 atom stereocenters. The van der Waals surface area contributed by atoms with Crippen molar-refractivity contribution in [2.24, 2.45) is 0 Å². The van der Waals surface area contributed by atoms with Crippen LogP contribution in [0.1, 0.15) is 31.2 Å². The summed E-state index contributed by atoms with van der Waals surface area (Å²) >= 11 is 0. The zero-order valence-electron chi connectivity index (χ0n) is 10.4. The number of aliphatic hydroxyl groups excluding tert-OH is 1. The highest BCUT2D eigenvalue weighted by molar-refractivity contribution is 5.27. The van der Waals surface area contributed by atoms with Crippen molar-refractivity contribution in [3.63, 3.8) is 0 Å². The van der Waals surface area contributed by atoms with Gasteiger partial charge in [0, 0.05) is 0 Å². The molecule has 0 fully saturated rings. The molecule has 0 aromatic heterocycles. The molecule has 0 heterocycles. The van der Waals surface area contributed by atoms with E-state index in [1.807, 2.05) is 18.2 Å². The third-order valence-corrected chi connectivity index (χ3v) is 3.32. The summed E-state index contributed by atoms with van der Waals surface area (Å²) in [7, 11) is 1.68. The number of methoxy groups -OCH3 is 1. The SMILES string of the molecule is COc1ccc(CCC2=CC(O)CCC2)cc1. The maximum absolute atomic E-state index is 9.55. The third-order valence-electron chi connectivity index (χ3n) is 3.32. The molecule has 0 bridgehead atoms. The van der Waals surface area contributed by atoms with Crippen molar-refractivity contribution in [3.05, 3.63) is 41.5 Å². The maximum Gasteiger partial charge on any atom is 0.118 e. The van der Waals surface area contributed by atoms with Crippen LogP contribution in [0.5, 0.6) is 5.75 Å². The Hall–Kier alpha value is -1.28. The van der Waals surface area contributed by atoms with E-state index in [2.05, 4.69) is 12.1 Å². The Morgan fingerprint density at radius 3 is 2.65 bits per heavy atom. The Bertz CT molecular complexity index is 378. The lowest BCUT2D eigenvalue weighted by Crippen LogP contribution is -2.09. The van der Waals surface area contributed by atoms with E-state index in [-0.39, 0.29) is 6.10 Å². The Morgan fingerprint density at radius 1 is 1.24 bits per heavy atom. The molecule has 0 radical (unpaired) electrons. The summed E-state index contributed by atoms with van der Waals surface area (Å²) < 4.78 is 5.13. The molecular weight excluding hydrogens is 212 g/mol. The molecule has 92 valence electrons. The average Bonchev–Trinajstić information content (AvgIpc) is 2.37. The third kappa shape index (κ3) is 3.60. The fourth-order valence-corrected chi connectivity index (χ4v) is 2.28. The Labute approximate surface area is 103 Å². The van der Waals surface area contributed by atoms with E-state index in [4.69, 9.17) is 4.74 Å². The molecule has 1 unspecified atom stereocenters. The summed E-state index contributed by atoms with van der Waals surface area (Å²) in [5.41, 5.74) is 2.73. The normalized spacial score (nSPS) is 19.9. The molecule has 0 saturated heterocycles. The van der Waals surface area contributed by atoms with Gasteiger partial charge >= 0.3 is 0 Å². The van der Waals surface area contributed by atoms with E-state index >= 15 is 0 Å². The monoisotopic (exact) mass is 232 g/mol. The zero-order chi connectivity index (χ0) is 12.1. The summed E-state index contributed by atoms with van der Waals surface area (Å²) in [6.45, 7) is 0. The topological polar surface area (TPSA) is 29.5 Å². The molecule has 2 heteroatoms. The fourth-order valence-electron chi connectivity index (χ4n) is 2.28. The van der Waals surface area contributed by atoms with Gasteiger partial charge in [0.2, 0.25) is 0 Å². The van der Waals surface area contributed by atoms with Crippen molar-refractivity contribution in [1.82, 2.24) is 0 Å². The van der Waals surface area contributed by atoms with Crippen LogP contribution in [0, 0.1) is 0 Å². The molecule has 1 aromatic carbocycles. The molecule has 1 aromatic rings. The predicted molar refractivity (Wildman–Crippen MR) is 69.3 cm³/mol. The average molecular weight is 232 g/mol. The second kappa shape index (κ2) is 5.87. The maximum atomic E-state index is 9.55. The van der Waals surface area contributed by atoms with Gasteiger partial charge in [-0.25, -0.2) is 0 Å². The number of aryl methyl sites for hydroxylation is 1. The Balaban J connectivity index is 1.88. The molecule has 1 aliphatic carbocycles. The zero-order valence-corrected chi connectivity index (χ0v) is 10.4. The molecule has 2 rings (SSSR count). The van der Waals surface area contributed by atoms with Crippen LogP contribution in [0.3, 0.4) is 0 Å². The first kappa shape index (κ1) is 12.2. The van der Waals surface area contributed by atoms with Crippen LogP contribution < -0.4 is 4.74 Å². The van der Waals surface area contributed by atoms with Gasteiger partial charge in [-0.2, -0.15) is 0 Å². The number of allylic oxidation sites excluding steroid dienone is 1. The minimum atomic E-state index is -0.213. The first-order valence-corrected chi connectivity index (χ1v) is 6.28. The number of hydrogen-bond donors (Lipinski definition) is 1. The van der Waals surface area contributed by atoms with Crippen molar-refractivity contribution >= 4 is 0 Å². The second-order valence-corrected chi connectivity index (χ2v) is 4.63. The fraction of sp³-hybridized carbons (Fsp3) is 0.467. The molecule has 1 N–H and O–H groups in total. The van der Waals surface area contributed by atoms with Crippen LogP contribution in [-0.4, -0.2) is 18.3 Å². The highest BCUT2D eigenvalue weighted by atomic mass is 16.5. The standard InChI is InChI=1S/C15H20O2/c1-17-15-9-7-12(8-10-15)5-6-13-3-2-4-14(16)11-13/h7-11,14,16H,2-6H2,1H3. The van der Waals surface area contributed by atoms with E-state index in [9.17, 15) is 5.11 Å². The van der Waals surface area contributed by atoms with Gasteiger partial charge in [0.1, 0.15) is 5.75 Å². The van der Waals surface area contributed by atoms with Crippen LogP contribution in [0.25, 0.3) is 0 Å². The summed E-state index contributed by atoms with van der Waals surface area (Å²) in [5, 5.41) is 9.55.